The van der Waals surface area contributed by atoms with Gasteiger partial charge >= 0.3 is 0 Å². The topological polar surface area (TPSA) is 43.4 Å². The van der Waals surface area contributed by atoms with Crippen molar-refractivity contribution in [3.63, 3.8) is 0 Å². The molecule has 0 amide bonds. The first-order valence-corrected chi connectivity index (χ1v) is 7.48. The minimum Gasteiger partial charge on any atom is -0.493 e. The van der Waals surface area contributed by atoms with Gasteiger partial charge in [0.15, 0.2) is 16.6 Å². The maximum absolute atomic E-state index is 5.33. The Morgan fingerprint density at radius 1 is 1.25 bits per heavy atom. The van der Waals surface area contributed by atoms with Crippen LogP contribution < -0.4 is 14.8 Å². The first-order valence-electron chi connectivity index (χ1n) is 6.60. The van der Waals surface area contributed by atoms with Gasteiger partial charge in [-0.15, -0.1) is 11.3 Å². The molecular weight excluding hydrogens is 272 g/mol. The molecule has 1 atom stereocenters. The van der Waals surface area contributed by atoms with Gasteiger partial charge in [0.2, 0.25) is 0 Å². The second-order valence-corrected chi connectivity index (χ2v) is 5.34. The number of aromatic nitrogens is 1. The number of nitrogens with zero attached hydrogens (tertiary/aromatic N) is 1. The predicted molar refractivity (Wildman–Crippen MR) is 83.1 cm³/mol. The summed E-state index contributed by atoms with van der Waals surface area (Å²) in [5.74, 6) is 1.48. The lowest BCUT2D eigenvalue weighted by molar-refractivity contribution is 0.354. The fourth-order valence-electron chi connectivity index (χ4n) is 1.93. The average Bonchev–Trinajstić information content (AvgIpc) is 2.94. The van der Waals surface area contributed by atoms with Gasteiger partial charge in [-0.2, -0.15) is 0 Å². The quantitative estimate of drug-likeness (QED) is 0.877. The first-order chi connectivity index (χ1) is 9.67. The van der Waals surface area contributed by atoms with Crippen molar-refractivity contribution < 1.29 is 9.47 Å². The molecule has 0 saturated heterocycles. The maximum atomic E-state index is 5.33. The zero-order valence-corrected chi connectivity index (χ0v) is 13.1. The van der Waals surface area contributed by atoms with Crippen LogP contribution in [-0.4, -0.2) is 19.2 Å². The van der Waals surface area contributed by atoms with Crippen molar-refractivity contribution in [2.75, 3.05) is 19.5 Å². The number of hydrogen-bond acceptors (Lipinski definition) is 5. The summed E-state index contributed by atoms with van der Waals surface area (Å²) in [7, 11) is 3.29. The molecule has 20 heavy (non-hydrogen) atoms. The van der Waals surface area contributed by atoms with E-state index in [9.17, 15) is 0 Å². The van der Waals surface area contributed by atoms with Gasteiger partial charge in [-0.1, -0.05) is 13.0 Å². The van der Waals surface area contributed by atoms with Crippen LogP contribution in [0, 0.1) is 0 Å². The van der Waals surface area contributed by atoms with Crippen LogP contribution in [-0.2, 0) is 6.42 Å². The first kappa shape index (κ1) is 14.7. The molecule has 4 nitrogen and oxygen atoms in total. The molecule has 108 valence electrons. The summed E-state index contributed by atoms with van der Waals surface area (Å²) in [4.78, 5) is 4.52. The fourth-order valence-corrected chi connectivity index (χ4v) is 2.81. The average molecular weight is 292 g/mol. The molecule has 1 heterocycles. The highest BCUT2D eigenvalue weighted by Gasteiger charge is 2.11. The monoisotopic (exact) mass is 292 g/mol. The summed E-state index contributed by atoms with van der Waals surface area (Å²) in [6.07, 6.45) is 0.961. The van der Waals surface area contributed by atoms with Gasteiger partial charge in [0, 0.05) is 5.38 Å². The van der Waals surface area contributed by atoms with Crippen LogP contribution in [0.1, 0.15) is 31.1 Å². The number of ether oxygens (including phenoxy) is 2. The van der Waals surface area contributed by atoms with E-state index in [1.54, 1.807) is 25.6 Å². The Kier molecular flexibility index (Phi) is 4.84. The number of aryl methyl sites for hydroxylation is 1. The van der Waals surface area contributed by atoms with E-state index < -0.39 is 0 Å². The van der Waals surface area contributed by atoms with Gasteiger partial charge in [-0.25, -0.2) is 4.98 Å². The third kappa shape index (κ3) is 3.22. The molecule has 0 bridgehead atoms. The smallest absolute Gasteiger partial charge is 0.183 e. The van der Waals surface area contributed by atoms with Crippen LogP contribution in [0.25, 0.3) is 0 Å². The lowest BCUT2D eigenvalue weighted by Gasteiger charge is -2.15. The third-order valence-corrected chi connectivity index (χ3v) is 3.98. The summed E-state index contributed by atoms with van der Waals surface area (Å²) in [5.41, 5.74) is 2.26. The molecule has 0 spiro atoms. The number of anilines is 1. The molecule has 2 aromatic rings. The molecule has 1 unspecified atom stereocenters. The van der Waals surface area contributed by atoms with Crippen molar-refractivity contribution in [3.05, 3.63) is 34.8 Å². The van der Waals surface area contributed by atoms with Crippen LogP contribution in [0.2, 0.25) is 0 Å². The molecular formula is C15H20N2O2S. The van der Waals surface area contributed by atoms with Crippen molar-refractivity contribution in [1.82, 2.24) is 4.98 Å². The van der Waals surface area contributed by atoms with Crippen molar-refractivity contribution in [2.24, 2.45) is 0 Å². The lowest BCUT2D eigenvalue weighted by atomic mass is 10.1. The Hall–Kier alpha value is -1.75. The molecule has 2 rings (SSSR count). The minimum absolute atomic E-state index is 0.158. The Balaban J connectivity index is 2.14. The maximum Gasteiger partial charge on any atom is 0.183 e. The van der Waals surface area contributed by atoms with Gasteiger partial charge in [0.1, 0.15) is 0 Å². The Morgan fingerprint density at radius 2 is 2.00 bits per heavy atom. The standard InChI is InChI=1S/C15H20N2O2S/c1-5-12-9-20-15(17-12)16-10(2)11-6-7-13(18-3)14(8-11)19-4/h6-10H,5H2,1-4H3,(H,16,17). The van der Waals surface area contributed by atoms with Crippen LogP contribution in [0.4, 0.5) is 5.13 Å². The van der Waals surface area contributed by atoms with E-state index >= 15 is 0 Å². The molecule has 0 aliphatic heterocycles. The number of hydrogen-bond donors (Lipinski definition) is 1. The lowest BCUT2D eigenvalue weighted by Crippen LogP contribution is -2.07. The normalized spacial score (nSPS) is 12.0. The Bertz CT molecular complexity index is 569. The van der Waals surface area contributed by atoms with Crippen molar-refractivity contribution in [2.45, 2.75) is 26.3 Å². The van der Waals surface area contributed by atoms with Crippen molar-refractivity contribution in [3.8, 4) is 11.5 Å². The van der Waals surface area contributed by atoms with Gasteiger partial charge in [-0.05, 0) is 31.0 Å². The molecule has 0 radical (unpaired) electrons. The molecule has 0 saturated carbocycles. The van der Waals surface area contributed by atoms with E-state index in [1.165, 1.54) is 0 Å². The zero-order valence-electron chi connectivity index (χ0n) is 12.3. The number of nitrogens with one attached hydrogen (secondary N) is 1. The number of rotatable bonds is 6. The summed E-state index contributed by atoms with van der Waals surface area (Å²) >= 11 is 1.64. The molecule has 0 aliphatic rings. The Morgan fingerprint density at radius 3 is 2.60 bits per heavy atom. The van der Waals surface area contributed by atoms with Crippen molar-refractivity contribution in [1.29, 1.82) is 0 Å². The Labute approximate surface area is 123 Å². The summed E-state index contributed by atoms with van der Waals surface area (Å²) in [5, 5.41) is 6.45. The third-order valence-electron chi connectivity index (χ3n) is 3.16. The summed E-state index contributed by atoms with van der Waals surface area (Å²) < 4.78 is 10.6. The highest BCUT2D eigenvalue weighted by Crippen LogP contribution is 2.31. The highest BCUT2D eigenvalue weighted by atomic mass is 32.1. The van der Waals surface area contributed by atoms with E-state index in [0.29, 0.717) is 0 Å². The second kappa shape index (κ2) is 6.61. The summed E-state index contributed by atoms with van der Waals surface area (Å²) in [6, 6.07) is 6.11. The van der Waals surface area contributed by atoms with Crippen LogP contribution in [0.3, 0.4) is 0 Å². The molecule has 1 aromatic heterocycles. The van der Waals surface area contributed by atoms with Crippen LogP contribution in [0.15, 0.2) is 23.6 Å². The molecule has 1 aromatic carbocycles. The molecule has 5 heteroatoms. The number of methoxy groups -OCH3 is 2. The van der Waals surface area contributed by atoms with E-state index in [-0.39, 0.29) is 6.04 Å². The highest BCUT2D eigenvalue weighted by molar-refractivity contribution is 7.13. The van der Waals surface area contributed by atoms with Gasteiger partial charge in [0.05, 0.1) is 26.0 Å². The number of thiazole rings is 1. The number of benzene rings is 1. The van der Waals surface area contributed by atoms with Crippen molar-refractivity contribution >= 4 is 16.5 Å². The SMILES string of the molecule is CCc1csc(NC(C)c2ccc(OC)c(OC)c2)n1. The second-order valence-electron chi connectivity index (χ2n) is 4.48. The van der Waals surface area contributed by atoms with E-state index in [4.69, 9.17) is 9.47 Å². The van der Waals surface area contributed by atoms with Gasteiger partial charge < -0.3 is 14.8 Å². The minimum atomic E-state index is 0.158. The van der Waals surface area contributed by atoms with E-state index in [2.05, 4.69) is 29.5 Å². The molecule has 0 aliphatic carbocycles. The predicted octanol–water partition coefficient (Wildman–Crippen LogP) is 3.90. The molecule has 0 fully saturated rings. The van der Waals surface area contributed by atoms with Gasteiger partial charge in [-0.3, -0.25) is 0 Å². The summed E-state index contributed by atoms with van der Waals surface area (Å²) in [6.45, 7) is 4.21. The van der Waals surface area contributed by atoms with Crippen LogP contribution in [0.5, 0.6) is 11.5 Å². The van der Waals surface area contributed by atoms with Crippen LogP contribution >= 0.6 is 11.3 Å². The van der Waals surface area contributed by atoms with E-state index in [0.717, 1.165) is 34.3 Å². The zero-order chi connectivity index (χ0) is 14.5. The molecule has 1 N–H and O–H groups in total. The fraction of sp³-hybridized carbons (Fsp3) is 0.400. The van der Waals surface area contributed by atoms with E-state index in [1.807, 2.05) is 18.2 Å². The largest absolute Gasteiger partial charge is 0.493 e. The van der Waals surface area contributed by atoms with Gasteiger partial charge in [0.25, 0.3) is 0 Å².